The average Bonchev–Trinajstić information content (AvgIpc) is 2.93. The van der Waals surface area contributed by atoms with Crippen molar-refractivity contribution in [2.24, 2.45) is 0 Å². The minimum absolute atomic E-state index is 0.112. The van der Waals surface area contributed by atoms with E-state index in [0.717, 1.165) is 41.7 Å². The lowest BCUT2D eigenvalue weighted by atomic mass is 10.1. The molecule has 10 heteroatoms. The predicted octanol–water partition coefficient (Wildman–Crippen LogP) is 4.93. The number of aromatic nitrogens is 3. The molecule has 39 heavy (non-hydrogen) atoms. The van der Waals surface area contributed by atoms with Gasteiger partial charge in [-0.2, -0.15) is 0 Å². The Morgan fingerprint density at radius 2 is 2.00 bits per heavy atom. The van der Waals surface area contributed by atoms with Crippen LogP contribution >= 0.6 is 11.6 Å². The second-order valence-electron chi connectivity index (χ2n) is 9.71. The van der Waals surface area contributed by atoms with E-state index in [1.165, 1.54) is 6.33 Å². The van der Waals surface area contributed by atoms with Crippen LogP contribution < -0.4 is 14.8 Å². The van der Waals surface area contributed by atoms with E-state index >= 15 is 0 Å². The van der Waals surface area contributed by atoms with Crippen molar-refractivity contribution < 1.29 is 14.3 Å². The number of hydrogen-bond donors (Lipinski definition) is 1. The normalized spacial score (nSPS) is 15.4. The molecule has 0 spiro atoms. The third kappa shape index (κ3) is 6.74. The van der Waals surface area contributed by atoms with Gasteiger partial charge in [0.15, 0.2) is 0 Å². The number of ether oxygens (including phenoxy) is 2. The van der Waals surface area contributed by atoms with Crippen LogP contribution in [0.25, 0.3) is 10.9 Å². The number of hydrogen-bond acceptors (Lipinski definition) is 8. The highest BCUT2D eigenvalue weighted by Gasteiger charge is 2.26. The Labute approximate surface area is 232 Å². The van der Waals surface area contributed by atoms with Gasteiger partial charge in [-0.15, -0.1) is 0 Å². The molecule has 0 unspecified atom stereocenters. The smallest absolute Gasteiger partial charge is 0.236 e. The Morgan fingerprint density at radius 3 is 2.79 bits per heavy atom. The summed E-state index contributed by atoms with van der Waals surface area (Å²) in [5.41, 5.74) is 2.32. The zero-order chi connectivity index (χ0) is 27.2. The molecule has 1 N–H and O–H groups in total. The molecule has 0 aliphatic carbocycles. The monoisotopic (exact) mass is 546 g/mol. The number of piperidine rings is 1. The molecule has 2 aromatic carbocycles. The summed E-state index contributed by atoms with van der Waals surface area (Å²) in [7, 11) is 3.80. The minimum atomic E-state index is -0.117. The molecule has 1 fully saturated rings. The Kier molecular flexibility index (Phi) is 8.39. The molecular weight excluding hydrogens is 516 g/mol. The second kappa shape index (κ2) is 12.3. The largest absolute Gasteiger partial charge is 0.488 e. The van der Waals surface area contributed by atoms with E-state index in [2.05, 4.69) is 20.3 Å². The van der Waals surface area contributed by atoms with Crippen molar-refractivity contribution in [3.63, 3.8) is 0 Å². The summed E-state index contributed by atoms with van der Waals surface area (Å²) < 4.78 is 12.3. The molecule has 202 valence electrons. The Balaban J connectivity index is 1.33. The fourth-order valence-electron chi connectivity index (χ4n) is 4.55. The number of carbonyl (C=O) groups excluding carboxylic acids is 1. The molecule has 2 aromatic heterocycles. The summed E-state index contributed by atoms with van der Waals surface area (Å²) >= 11 is 6.53. The topological polar surface area (TPSA) is 92.7 Å². The highest BCUT2D eigenvalue weighted by Crippen LogP contribution is 2.35. The van der Waals surface area contributed by atoms with Gasteiger partial charge in [0.2, 0.25) is 5.91 Å². The van der Waals surface area contributed by atoms with E-state index < -0.39 is 0 Å². The average molecular weight is 547 g/mol. The van der Waals surface area contributed by atoms with E-state index in [-0.39, 0.29) is 12.0 Å². The van der Waals surface area contributed by atoms with Crippen molar-refractivity contribution in [1.29, 1.82) is 0 Å². The van der Waals surface area contributed by atoms with Crippen LogP contribution in [0.2, 0.25) is 5.02 Å². The standard InChI is InChI=1S/C29H31ClN6O3/c1-35(2)17-27(37)36-14-6-8-22(16-36)39-26-10-5-9-24-28(26)29(33-19-32-24)34-20-11-12-25(23(30)15-20)38-18-21-7-3-4-13-31-21/h3-5,7,9-13,15,19,22H,6,8,14,16-18H2,1-2H3,(H,32,33,34)/t22-/m1/s1. The van der Waals surface area contributed by atoms with Gasteiger partial charge >= 0.3 is 0 Å². The number of rotatable bonds is 9. The first-order valence-electron chi connectivity index (χ1n) is 12.9. The Hall–Kier alpha value is -3.95. The molecule has 4 aromatic rings. The molecule has 1 aliphatic heterocycles. The summed E-state index contributed by atoms with van der Waals surface area (Å²) in [6, 6.07) is 16.9. The highest BCUT2D eigenvalue weighted by atomic mass is 35.5. The Morgan fingerprint density at radius 1 is 1.10 bits per heavy atom. The fraction of sp³-hybridized carbons (Fsp3) is 0.310. The molecular formula is C29H31ClN6O3. The van der Waals surface area contributed by atoms with Gasteiger partial charge in [-0.05, 0) is 69.4 Å². The van der Waals surface area contributed by atoms with E-state index in [1.807, 2.05) is 72.4 Å². The number of anilines is 2. The molecule has 1 aliphatic rings. The predicted molar refractivity (Wildman–Crippen MR) is 152 cm³/mol. The van der Waals surface area contributed by atoms with Crippen LogP contribution in [0.4, 0.5) is 11.5 Å². The second-order valence-corrected chi connectivity index (χ2v) is 10.1. The third-order valence-corrected chi connectivity index (χ3v) is 6.69. The summed E-state index contributed by atoms with van der Waals surface area (Å²) in [5.74, 6) is 1.95. The van der Waals surface area contributed by atoms with Crippen molar-refractivity contribution >= 4 is 39.9 Å². The van der Waals surface area contributed by atoms with Gasteiger partial charge in [0.1, 0.15) is 36.4 Å². The van der Waals surface area contributed by atoms with Gasteiger partial charge in [0.05, 0.1) is 34.7 Å². The van der Waals surface area contributed by atoms with Gasteiger partial charge in [-0.25, -0.2) is 9.97 Å². The molecule has 1 saturated heterocycles. The van der Waals surface area contributed by atoms with Gasteiger partial charge in [-0.3, -0.25) is 9.78 Å². The highest BCUT2D eigenvalue weighted by molar-refractivity contribution is 6.32. The molecule has 0 bridgehead atoms. The summed E-state index contributed by atoms with van der Waals surface area (Å²) in [6.07, 6.45) is 4.89. The molecule has 5 rings (SSSR count). The number of carbonyl (C=O) groups is 1. The van der Waals surface area contributed by atoms with Crippen LogP contribution in [-0.2, 0) is 11.4 Å². The number of benzene rings is 2. The number of nitrogens with zero attached hydrogens (tertiary/aromatic N) is 5. The van der Waals surface area contributed by atoms with Crippen LogP contribution in [0.1, 0.15) is 18.5 Å². The van der Waals surface area contributed by atoms with Gasteiger partial charge < -0.3 is 24.6 Å². The van der Waals surface area contributed by atoms with Crippen molar-refractivity contribution in [1.82, 2.24) is 24.8 Å². The first kappa shape index (κ1) is 26.6. The zero-order valence-electron chi connectivity index (χ0n) is 22.0. The summed E-state index contributed by atoms with van der Waals surface area (Å²) in [4.78, 5) is 29.6. The number of halogens is 1. The van der Waals surface area contributed by atoms with Crippen molar-refractivity contribution in [3.05, 3.63) is 77.8 Å². The van der Waals surface area contributed by atoms with Crippen LogP contribution in [0.15, 0.2) is 67.1 Å². The lowest BCUT2D eigenvalue weighted by Gasteiger charge is -2.33. The number of likely N-dealkylation sites (N-methyl/N-ethyl adjacent to an activating group) is 1. The lowest BCUT2D eigenvalue weighted by molar-refractivity contribution is -0.134. The maximum absolute atomic E-state index is 12.6. The van der Waals surface area contributed by atoms with E-state index in [9.17, 15) is 4.79 Å². The summed E-state index contributed by atoms with van der Waals surface area (Å²) in [5, 5.41) is 4.60. The Bertz CT molecular complexity index is 1430. The quantitative estimate of drug-likeness (QED) is 0.316. The molecule has 9 nitrogen and oxygen atoms in total. The molecule has 1 atom stereocenters. The first-order valence-corrected chi connectivity index (χ1v) is 13.3. The van der Waals surface area contributed by atoms with Crippen molar-refractivity contribution in [3.8, 4) is 11.5 Å². The maximum atomic E-state index is 12.6. The number of amides is 1. The number of pyridine rings is 1. The first-order chi connectivity index (χ1) is 19.0. The number of fused-ring (bicyclic) bond motifs is 1. The number of likely N-dealkylation sites (tertiary alicyclic amines) is 1. The SMILES string of the molecule is CN(C)CC(=O)N1CCC[C@@H](Oc2cccc3ncnc(Nc4ccc(OCc5ccccn5)c(Cl)c4)c23)C1. The van der Waals surface area contributed by atoms with Gasteiger partial charge in [0, 0.05) is 18.4 Å². The molecule has 1 amide bonds. The van der Waals surface area contributed by atoms with Crippen LogP contribution in [-0.4, -0.2) is 70.5 Å². The zero-order valence-corrected chi connectivity index (χ0v) is 22.8. The fourth-order valence-corrected chi connectivity index (χ4v) is 4.79. The van der Waals surface area contributed by atoms with E-state index in [1.54, 1.807) is 12.3 Å². The van der Waals surface area contributed by atoms with Crippen molar-refractivity contribution in [2.75, 3.05) is 39.0 Å². The lowest BCUT2D eigenvalue weighted by Crippen LogP contribution is -2.47. The van der Waals surface area contributed by atoms with Crippen molar-refractivity contribution in [2.45, 2.75) is 25.6 Å². The minimum Gasteiger partial charge on any atom is -0.488 e. The molecule has 0 saturated carbocycles. The summed E-state index contributed by atoms with van der Waals surface area (Å²) in [6.45, 7) is 2.01. The molecule has 3 heterocycles. The van der Waals surface area contributed by atoms with Crippen LogP contribution in [0.5, 0.6) is 11.5 Å². The van der Waals surface area contributed by atoms with E-state index in [4.69, 9.17) is 21.1 Å². The van der Waals surface area contributed by atoms with Crippen LogP contribution in [0.3, 0.4) is 0 Å². The van der Waals surface area contributed by atoms with E-state index in [0.29, 0.717) is 42.0 Å². The van der Waals surface area contributed by atoms with Gasteiger partial charge in [-0.1, -0.05) is 23.7 Å². The maximum Gasteiger partial charge on any atom is 0.236 e. The van der Waals surface area contributed by atoms with Gasteiger partial charge in [0.25, 0.3) is 0 Å². The third-order valence-electron chi connectivity index (χ3n) is 6.40. The molecule has 0 radical (unpaired) electrons. The van der Waals surface area contributed by atoms with Crippen LogP contribution in [0, 0.1) is 0 Å². The number of nitrogens with one attached hydrogen (secondary N) is 1.